The number of aromatic nitrogens is 1. The second-order valence-electron chi connectivity index (χ2n) is 7.78. The van der Waals surface area contributed by atoms with E-state index in [0.29, 0.717) is 35.1 Å². The van der Waals surface area contributed by atoms with Crippen LogP contribution >= 0.6 is 15.9 Å². The van der Waals surface area contributed by atoms with Crippen molar-refractivity contribution in [2.24, 2.45) is 4.99 Å². The van der Waals surface area contributed by atoms with E-state index in [1.54, 1.807) is 42.6 Å². The number of halogens is 4. The van der Waals surface area contributed by atoms with Crippen LogP contribution in [0.4, 0.5) is 18.9 Å². The van der Waals surface area contributed by atoms with Crippen LogP contribution in [0.1, 0.15) is 16.8 Å². The minimum Gasteiger partial charge on any atom is -0.457 e. The van der Waals surface area contributed by atoms with E-state index in [0.717, 1.165) is 6.07 Å². The molecule has 0 saturated heterocycles. The number of hydrogen-bond donors (Lipinski definition) is 3. The molecule has 186 valence electrons. The number of benzene rings is 2. The van der Waals surface area contributed by atoms with Gasteiger partial charge in [0.2, 0.25) is 5.91 Å². The maximum atomic E-state index is 13.1. The third kappa shape index (κ3) is 6.49. The SMILES string of the molecule is O=C(/C=C/c1cccc(Oc2ccnc(C3=NCC(CO)N3)c2)c1)Nc1ccc(Br)c(C(F)(F)F)c1. The lowest BCUT2D eigenvalue weighted by Crippen LogP contribution is -2.33. The summed E-state index contributed by atoms with van der Waals surface area (Å²) in [5.74, 6) is 1.02. The number of nitrogens with zero attached hydrogens (tertiary/aromatic N) is 2. The van der Waals surface area contributed by atoms with Gasteiger partial charge in [-0.1, -0.05) is 28.1 Å². The molecule has 2 heterocycles. The zero-order chi connectivity index (χ0) is 25.7. The second kappa shape index (κ2) is 10.9. The van der Waals surface area contributed by atoms with Gasteiger partial charge in [-0.05, 0) is 48.0 Å². The molecule has 0 fully saturated rings. The molecule has 1 aliphatic heterocycles. The van der Waals surface area contributed by atoms with Crippen molar-refractivity contribution in [2.45, 2.75) is 12.2 Å². The fourth-order valence-electron chi connectivity index (χ4n) is 3.34. The molecule has 1 aliphatic rings. The molecule has 1 aromatic heterocycles. The Balaban J connectivity index is 1.41. The van der Waals surface area contributed by atoms with Gasteiger partial charge >= 0.3 is 6.18 Å². The number of hydrogen-bond acceptors (Lipinski definition) is 6. The monoisotopic (exact) mass is 560 g/mol. The molecule has 0 aliphatic carbocycles. The van der Waals surface area contributed by atoms with E-state index in [1.807, 2.05) is 0 Å². The van der Waals surface area contributed by atoms with E-state index in [2.05, 4.69) is 36.5 Å². The minimum absolute atomic E-state index is 0.0254. The summed E-state index contributed by atoms with van der Waals surface area (Å²) in [6, 6.07) is 13.7. The summed E-state index contributed by atoms with van der Waals surface area (Å²) < 4.78 is 45.0. The van der Waals surface area contributed by atoms with Crippen molar-refractivity contribution in [2.75, 3.05) is 18.5 Å². The smallest absolute Gasteiger partial charge is 0.417 e. The molecule has 2 aromatic carbocycles. The number of rotatable bonds is 7. The summed E-state index contributed by atoms with van der Waals surface area (Å²) in [5.41, 5.74) is 0.379. The lowest BCUT2D eigenvalue weighted by molar-refractivity contribution is -0.138. The van der Waals surface area contributed by atoms with Gasteiger partial charge in [-0.25, -0.2) is 0 Å². The number of amidine groups is 1. The Kier molecular flexibility index (Phi) is 7.70. The van der Waals surface area contributed by atoms with Crippen molar-refractivity contribution in [3.8, 4) is 11.5 Å². The van der Waals surface area contributed by atoms with Crippen LogP contribution in [-0.4, -0.2) is 41.0 Å². The first kappa shape index (κ1) is 25.4. The first-order chi connectivity index (χ1) is 17.2. The molecule has 3 N–H and O–H groups in total. The highest BCUT2D eigenvalue weighted by Gasteiger charge is 2.33. The normalized spacial score (nSPS) is 15.5. The van der Waals surface area contributed by atoms with Gasteiger partial charge in [0.25, 0.3) is 0 Å². The van der Waals surface area contributed by atoms with Crippen LogP contribution in [0, 0.1) is 0 Å². The van der Waals surface area contributed by atoms with E-state index in [1.165, 1.54) is 24.3 Å². The molecule has 11 heteroatoms. The molecule has 4 rings (SSSR count). The summed E-state index contributed by atoms with van der Waals surface area (Å²) >= 11 is 2.87. The zero-order valence-corrected chi connectivity index (χ0v) is 20.2. The Labute approximate surface area is 212 Å². The summed E-state index contributed by atoms with van der Waals surface area (Å²) in [6.07, 6.45) is -0.216. The van der Waals surface area contributed by atoms with Crippen molar-refractivity contribution in [3.63, 3.8) is 0 Å². The van der Waals surface area contributed by atoms with E-state index in [4.69, 9.17) is 4.74 Å². The van der Waals surface area contributed by atoms with Gasteiger partial charge in [-0.2, -0.15) is 13.2 Å². The quantitative estimate of drug-likeness (QED) is 0.353. The van der Waals surface area contributed by atoms with Gasteiger partial charge in [0.05, 0.1) is 24.8 Å². The highest BCUT2D eigenvalue weighted by molar-refractivity contribution is 9.10. The van der Waals surface area contributed by atoms with Crippen LogP contribution in [0.25, 0.3) is 6.08 Å². The van der Waals surface area contributed by atoms with Crippen LogP contribution in [0.3, 0.4) is 0 Å². The molecular formula is C25H20BrF3N4O3. The van der Waals surface area contributed by atoms with Gasteiger partial charge in [0.1, 0.15) is 23.0 Å². The van der Waals surface area contributed by atoms with Crippen molar-refractivity contribution in [1.29, 1.82) is 0 Å². The van der Waals surface area contributed by atoms with Crippen LogP contribution in [0.15, 0.2) is 76.3 Å². The summed E-state index contributed by atoms with van der Waals surface area (Å²) in [6.45, 7) is 0.436. The molecule has 0 radical (unpaired) electrons. The standard InChI is InChI=1S/C25H20BrF3N4O3/c26-21-6-5-16(11-20(21)25(27,28)29)32-23(35)7-4-15-2-1-3-18(10-15)36-19-8-9-30-22(12-19)24-31-13-17(14-34)33-24/h1-12,17,34H,13-14H2,(H,31,33)(H,32,35)/b7-4+. The number of amides is 1. The van der Waals surface area contributed by atoms with Crippen LogP contribution in [0.2, 0.25) is 0 Å². The van der Waals surface area contributed by atoms with Gasteiger partial charge in [-0.3, -0.25) is 14.8 Å². The minimum atomic E-state index is -4.55. The number of alkyl halides is 3. The van der Waals surface area contributed by atoms with Crippen LogP contribution < -0.4 is 15.4 Å². The van der Waals surface area contributed by atoms with E-state index in [-0.39, 0.29) is 22.8 Å². The van der Waals surface area contributed by atoms with E-state index >= 15 is 0 Å². The summed E-state index contributed by atoms with van der Waals surface area (Å²) in [4.78, 5) is 20.9. The fourth-order valence-corrected chi connectivity index (χ4v) is 3.81. The van der Waals surface area contributed by atoms with Crippen molar-refractivity contribution in [1.82, 2.24) is 10.3 Å². The van der Waals surface area contributed by atoms with Gasteiger partial charge < -0.3 is 20.5 Å². The Morgan fingerprint density at radius 1 is 1.19 bits per heavy atom. The Morgan fingerprint density at radius 3 is 2.75 bits per heavy atom. The topological polar surface area (TPSA) is 95.8 Å². The average Bonchev–Trinajstić information content (AvgIpc) is 3.33. The third-order valence-corrected chi connectivity index (χ3v) is 5.76. The van der Waals surface area contributed by atoms with Gasteiger partial charge in [0.15, 0.2) is 0 Å². The molecule has 1 atom stereocenters. The Morgan fingerprint density at radius 2 is 2.00 bits per heavy atom. The molecular weight excluding hydrogens is 541 g/mol. The number of anilines is 1. The lowest BCUT2D eigenvalue weighted by Gasteiger charge is -2.11. The maximum absolute atomic E-state index is 13.1. The molecule has 0 bridgehead atoms. The second-order valence-corrected chi connectivity index (χ2v) is 8.63. The van der Waals surface area contributed by atoms with Crippen molar-refractivity contribution >= 4 is 39.4 Å². The molecule has 36 heavy (non-hydrogen) atoms. The number of carbonyl (C=O) groups excluding carboxylic acids is 1. The number of pyridine rings is 1. The molecule has 1 amide bonds. The van der Waals surface area contributed by atoms with E-state index < -0.39 is 17.6 Å². The molecule has 0 spiro atoms. The number of nitrogens with one attached hydrogen (secondary N) is 2. The number of ether oxygens (including phenoxy) is 1. The number of aliphatic imine (C=N–C) groups is 1. The predicted molar refractivity (Wildman–Crippen MR) is 133 cm³/mol. The van der Waals surface area contributed by atoms with Crippen LogP contribution in [-0.2, 0) is 11.0 Å². The Bertz CT molecular complexity index is 1330. The zero-order valence-electron chi connectivity index (χ0n) is 18.6. The third-order valence-electron chi connectivity index (χ3n) is 5.07. The number of carbonyl (C=O) groups is 1. The molecule has 1 unspecified atom stereocenters. The van der Waals surface area contributed by atoms with Gasteiger partial charge in [-0.15, -0.1) is 0 Å². The summed E-state index contributed by atoms with van der Waals surface area (Å²) in [7, 11) is 0. The lowest BCUT2D eigenvalue weighted by atomic mass is 10.2. The van der Waals surface area contributed by atoms with Gasteiger partial charge in [0, 0.05) is 28.5 Å². The highest BCUT2D eigenvalue weighted by Crippen LogP contribution is 2.36. The number of aliphatic hydroxyl groups is 1. The van der Waals surface area contributed by atoms with Crippen molar-refractivity contribution < 1.29 is 27.8 Å². The average molecular weight is 561 g/mol. The molecule has 7 nitrogen and oxygen atoms in total. The van der Waals surface area contributed by atoms with Crippen LogP contribution in [0.5, 0.6) is 11.5 Å². The first-order valence-corrected chi connectivity index (χ1v) is 11.5. The predicted octanol–water partition coefficient (Wildman–Crippen LogP) is 5.02. The summed E-state index contributed by atoms with van der Waals surface area (Å²) in [5, 5.41) is 14.8. The van der Waals surface area contributed by atoms with E-state index in [9.17, 15) is 23.1 Å². The molecule has 0 saturated carbocycles. The first-order valence-electron chi connectivity index (χ1n) is 10.7. The number of aliphatic hydroxyl groups excluding tert-OH is 1. The fraction of sp³-hybridized carbons (Fsp3) is 0.160. The maximum Gasteiger partial charge on any atom is 0.417 e. The largest absolute Gasteiger partial charge is 0.457 e. The molecule has 3 aromatic rings. The van der Waals surface area contributed by atoms with Crippen molar-refractivity contribution in [3.05, 3.63) is 88.2 Å². The highest BCUT2D eigenvalue weighted by atomic mass is 79.9. The Hall–Kier alpha value is -3.70.